The molecular formula is C20H26N4O4S. The van der Waals surface area contributed by atoms with Crippen LogP contribution in [0.25, 0.3) is 0 Å². The van der Waals surface area contributed by atoms with Gasteiger partial charge in [-0.15, -0.1) is 0 Å². The maximum Gasteiger partial charge on any atom is 0.295 e. The number of benzene rings is 2. The van der Waals surface area contributed by atoms with Gasteiger partial charge in [0.2, 0.25) is 10.0 Å². The number of nitrogens with zero attached hydrogens (tertiary/aromatic N) is 3. The Labute approximate surface area is 171 Å². The molecule has 0 saturated carbocycles. The SMILES string of the molecule is CCN(CC)S(=O)(=O)c1ccc(NN=C(C)c2ccc(C)c(C)c2)c([N+](=O)[O-])c1. The molecular weight excluding hydrogens is 392 g/mol. The summed E-state index contributed by atoms with van der Waals surface area (Å²) in [6.07, 6.45) is 0. The van der Waals surface area contributed by atoms with Gasteiger partial charge >= 0.3 is 0 Å². The van der Waals surface area contributed by atoms with Crippen LogP contribution in [0.4, 0.5) is 11.4 Å². The van der Waals surface area contributed by atoms with Crippen LogP contribution in [-0.2, 0) is 10.0 Å². The van der Waals surface area contributed by atoms with Gasteiger partial charge in [0.05, 0.1) is 15.5 Å². The summed E-state index contributed by atoms with van der Waals surface area (Å²) in [5.41, 5.74) is 6.30. The van der Waals surface area contributed by atoms with Gasteiger partial charge in [-0.05, 0) is 55.7 Å². The molecule has 0 aliphatic heterocycles. The van der Waals surface area contributed by atoms with E-state index < -0.39 is 14.9 Å². The molecule has 1 N–H and O–H groups in total. The molecule has 0 fully saturated rings. The van der Waals surface area contributed by atoms with Crippen LogP contribution >= 0.6 is 0 Å². The minimum atomic E-state index is -3.79. The highest BCUT2D eigenvalue weighted by molar-refractivity contribution is 7.89. The Kier molecular flexibility index (Phi) is 7.10. The number of rotatable bonds is 8. The number of aryl methyl sites for hydroxylation is 2. The molecule has 0 aliphatic carbocycles. The number of nitro groups is 1. The Morgan fingerprint density at radius 2 is 1.76 bits per heavy atom. The summed E-state index contributed by atoms with van der Waals surface area (Å²) in [6.45, 7) is 9.81. The van der Waals surface area contributed by atoms with Crippen molar-refractivity contribution in [3.8, 4) is 0 Å². The van der Waals surface area contributed by atoms with Gasteiger partial charge in [0, 0.05) is 19.2 Å². The zero-order chi connectivity index (χ0) is 21.8. The predicted octanol–water partition coefficient (Wildman–Crippen LogP) is 4.08. The molecule has 0 amide bonds. The quantitative estimate of drug-likeness (QED) is 0.395. The van der Waals surface area contributed by atoms with Gasteiger partial charge in [0.15, 0.2) is 0 Å². The van der Waals surface area contributed by atoms with E-state index in [1.165, 1.54) is 16.4 Å². The Hall–Kier alpha value is -2.78. The molecule has 0 radical (unpaired) electrons. The van der Waals surface area contributed by atoms with E-state index in [2.05, 4.69) is 10.5 Å². The Bertz CT molecular complexity index is 1040. The summed E-state index contributed by atoms with van der Waals surface area (Å²) >= 11 is 0. The van der Waals surface area contributed by atoms with Crippen molar-refractivity contribution in [2.45, 2.75) is 39.5 Å². The Morgan fingerprint density at radius 1 is 1.10 bits per heavy atom. The highest BCUT2D eigenvalue weighted by Crippen LogP contribution is 2.29. The fourth-order valence-corrected chi connectivity index (χ4v) is 4.28. The number of hydrogen-bond donors (Lipinski definition) is 1. The first-order valence-electron chi connectivity index (χ1n) is 9.28. The first-order chi connectivity index (χ1) is 13.6. The molecule has 0 aliphatic rings. The summed E-state index contributed by atoms with van der Waals surface area (Å²) in [5.74, 6) is 0. The van der Waals surface area contributed by atoms with Crippen molar-refractivity contribution >= 4 is 27.1 Å². The minimum Gasteiger partial charge on any atom is -0.271 e. The second-order valence-electron chi connectivity index (χ2n) is 6.63. The molecule has 9 heteroatoms. The summed E-state index contributed by atoms with van der Waals surface area (Å²) < 4.78 is 26.5. The first kappa shape index (κ1) is 22.5. The fourth-order valence-electron chi connectivity index (χ4n) is 2.81. The van der Waals surface area contributed by atoms with Crippen LogP contribution in [0.2, 0.25) is 0 Å². The molecule has 156 valence electrons. The zero-order valence-corrected chi connectivity index (χ0v) is 18.1. The second kappa shape index (κ2) is 9.15. The van der Waals surface area contributed by atoms with E-state index in [4.69, 9.17) is 0 Å². The average molecular weight is 419 g/mol. The van der Waals surface area contributed by atoms with Gasteiger partial charge in [-0.25, -0.2) is 8.42 Å². The molecule has 2 aromatic rings. The molecule has 0 saturated heterocycles. The lowest BCUT2D eigenvalue weighted by molar-refractivity contribution is -0.384. The molecule has 0 unspecified atom stereocenters. The molecule has 0 aromatic heterocycles. The number of sulfonamides is 1. The summed E-state index contributed by atoms with van der Waals surface area (Å²) in [7, 11) is -3.79. The lowest BCUT2D eigenvalue weighted by Gasteiger charge is -2.18. The van der Waals surface area contributed by atoms with Crippen LogP contribution in [0, 0.1) is 24.0 Å². The van der Waals surface area contributed by atoms with Gasteiger partial charge in [0.1, 0.15) is 5.69 Å². The third-order valence-corrected chi connectivity index (χ3v) is 6.82. The minimum absolute atomic E-state index is 0.117. The van der Waals surface area contributed by atoms with Crippen molar-refractivity contribution in [1.82, 2.24) is 4.31 Å². The van der Waals surface area contributed by atoms with Crippen molar-refractivity contribution in [3.63, 3.8) is 0 Å². The molecule has 2 rings (SSSR count). The van der Waals surface area contributed by atoms with E-state index in [-0.39, 0.29) is 29.4 Å². The van der Waals surface area contributed by atoms with Crippen molar-refractivity contribution in [2.24, 2.45) is 5.10 Å². The van der Waals surface area contributed by atoms with Crippen molar-refractivity contribution in [2.75, 3.05) is 18.5 Å². The maximum atomic E-state index is 12.6. The van der Waals surface area contributed by atoms with Gasteiger partial charge < -0.3 is 0 Å². The summed E-state index contributed by atoms with van der Waals surface area (Å²) in [4.78, 5) is 10.8. The normalized spacial score (nSPS) is 12.3. The van der Waals surface area contributed by atoms with Gasteiger partial charge in [-0.2, -0.15) is 9.41 Å². The van der Waals surface area contributed by atoms with Crippen LogP contribution in [0.1, 0.15) is 37.5 Å². The van der Waals surface area contributed by atoms with Gasteiger partial charge in [-0.1, -0.05) is 26.0 Å². The highest BCUT2D eigenvalue weighted by atomic mass is 32.2. The van der Waals surface area contributed by atoms with Crippen LogP contribution < -0.4 is 5.43 Å². The highest BCUT2D eigenvalue weighted by Gasteiger charge is 2.25. The lowest BCUT2D eigenvalue weighted by Crippen LogP contribution is -2.30. The van der Waals surface area contributed by atoms with E-state index in [0.29, 0.717) is 5.71 Å². The monoisotopic (exact) mass is 418 g/mol. The van der Waals surface area contributed by atoms with Crippen LogP contribution in [0.5, 0.6) is 0 Å². The maximum absolute atomic E-state index is 12.6. The molecule has 0 heterocycles. The largest absolute Gasteiger partial charge is 0.295 e. The topological polar surface area (TPSA) is 105 Å². The van der Waals surface area contributed by atoms with E-state index in [9.17, 15) is 18.5 Å². The molecule has 8 nitrogen and oxygen atoms in total. The molecule has 0 atom stereocenters. The first-order valence-corrected chi connectivity index (χ1v) is 10.7. The Balaban J connectivity index is 2.38. The van der Waals surface area contributed by atoms with Gasteiger partial charge in [-0.3, -0.25) is 15.5 Å². The third-order valence-electron chi connectivity index (χ3n) is 4.78. The lowest BCUT2D eigenvalue weighted by atomic mass is 10.0. The predicted molar refractivity (Wildman–Crippen MR) is 115 cm³/mol. The smallest absolute Gasteiger partial charge is 0.271 e. The second-order valence-corrected chi connectivity index (χ2v) is 8.57. The zero-order valence-electron chi connectivity index (χ0n) is 17.3. The van der Waals surface area contributed by atoms with Crippen LogP contribution in [-0.4, -0.2) is 36.4 Å². The molecule has 29 heavy (non-hydrogen) atoms. The summed E-state index contributed by atoms with van der Waals surface area (Å²) in [6, 6.07) is 9.69. The van der Waals surface area contributed by atoms with Crippen molar-refractivity contribution in [1.29, 1.82) is 0 Å². The standard InChI is InChI=1S/C20H26N4O4S/c1-6-23(7-2)29(27,28)18-10-11-19(20(13-18)24(25)26)22-21-16(5)17-9-8-14(3)15(4)12-17/h8-13,22H,6-7H2,1-5H3. The van der Waals surface area contributed by atoms with E-state index in [1.807, 2.05) is 32.0 Å². The number of nitrogens with one attached hydrogen (secondary N) is 1. The van der Waals surface area contributed by atoms with Crippen LogP contribution in [0.3, 0.4) is 0 Å². The molecule has 0 bridgehead atoms. The summed E-state index contributed by atoms with van der Waals surface area (Å²) in [5, 5.41) is 15.8. The number of anilines is 1. The third kappa shape index (κ3) is 4.99. The number of nitro benzene ring substituents is 1. The average Bonchev–Trinajstić information content (AvgIpc) is 2.68. The Morgan fingerprint density at radius 3 is 2.31 bits per heavy atom. The van der Waals surface area contributed by atoms with Gasteiger partial charge in [0.25, 0.3) is 5.69 Å². The van der Waals surface area contributed by atoms with E-state index >= 15 is 0 Å². The molecule has 2 aromatic carbocycles. The number of hydrazone groups is 1. The van der Waals surface area contributed by atoms with Crippen LogP contribution in [0.15, 0.2) is 46.4 Å². The fraction of sp³-hybridized carbons (Fsp3) is 0.350. The van der Waals surface area contributed by atoms with E-state index in [1.54, 1.807) is 20.8 Å². The van der Waals surface area contributed by atoms with E-state index in [0.717, 1.165) is 22.8 Å². The molecule has 0 spiro atoms. The van der Waals surface area contributed by atoms with Crippen molar-refractivity contribution < 1.29 is 13.3 Å². The van der Waals surface area contributed by atoms with Crippen molar-refractivity contribution in [3.05, 3.63) is 63.2 Å². The number of hydrogen-bond acceptors (Lipinski definition) is 6.